The molecule has 2 heterocycles. The van der Waals surface area contributed by atoms with Crippen LogP contribution < -0.4 is 0 Å². The minimum atomic E-state index is -0.239. The zero-order chi connectivity index (χ0) is 22.0. The number of hydrogen-bond donors (Lipinski definition) is 1. The van der Waals surface area contributed by atoms with Crippen LogP contribution in [-0.4, -0.2) is 58.5 Å². The minimum Gasteiger partial charge on any atom is -0.394 e. The van der Waals surface area contributed by atoms with E-state index >= 15 is 0 Å². The van der Waals surface area contributed by atoms with Crippen LogP contribution in [0.5, 0.6) is 0 Å². The molecule has 2 aliphatic rings. The first kappa shape index (κ1) is 21.1. The van der Waals surface area contributed by atoms with E-state index in [-0.39, 0.29) is 49.4 Å². The molecular formula is C26H28N2O3. The van der Waals surface area contributed by atoms with Gasteiger partial charge in [0.05, 0.1) is 31.7 Å². The van der Waals surface area contributed by atoms with Crippen molar-refractivity contribution >= 4 is 11.8 Å². The molecular weight excluding hydrogens is 388 g/mol. The zero-order valence-corrected chi connectivity index (χ0v) is 18.0. The van der Waals surface area contributed by atoms with Gasteiger partial charge >= 0.3 is 0 Å². The number of hydrogen-bond acceptors (Lipinski definition) is 3. The molecule has 3 atom stereocenters. The average molecular weight is 417 g/mol. The van der Waals surface area contributed by atoms with E-state index in [1.807, 2.05) is 54.6 Å². The fraction of sp³-hybridized carbons (Fsp3) is 0.385. The maximum absolute atomic E-state index is 12.8. The number of fused-ring (bicyclic) bond motifs is 1. The highest BCUT2D eigenvalue weighted by Gasteiger charge is 2.54. The Bertz CT molecular complexity index is 1000. The Morgan fingerprint density at radius 3 is 2.48 bits per heavy atom. The van der Waals surface area contributed by atoms with Gasteiger partial charge in [0.15, 0.2) is 0 Å². The van der Waals surface area contributed by atoms with Crippen molar-refractivity contribution in [3.8, 4) is 11.8 Å². The lowest BCUT2D eigenvalue weighted by atomic mass is 9.73. The van der Waals surface area contributed by atoms with Gasteiger partial charge < -0.3 is 14.9 Å². The summed E-state index contributed by atoms with van der Waals surface area (Å²) < 4.78 is 0. The predicted octanol–water partition coefficient (Wildman–Crippen LogP) is 2.43. The number of aliphatic hydroxyl groups excluding tert-OH is 1. The number of rotatable bonds is 4. The molecule has 0 aromatic heterocycles. The number of piperazine rings is 1. The van der Waals surface area contributed by atoms with E-state index in [0.717, 1.165) is 16.7 Å². The summed E-state index contributed by atoms with van der Waals surface area (Å²) in [6.07, 6.45) is 0.290. The largest absolute Gasteiger partial charge is 0.394 e. The van der Waals surface area contributed by atoms with E-state index in [2.05, 4.69) is 25.7 Å². The maximum atomic E-state index is 12.8. The summed E-state index contributed by atoms with van der Waals surface area (Å²) in [6.45, 7) is 4.60. The molecule has 1 N–H and O–H groups in total. The van der Waals surface area contributed by atoms with Gasteiger partial charge in [-0.15, -0.1) is 0 Å². The third-order valence-corrected chi connectivity index (χ3v) is 6.10. The second-order valence-corrected chi connectivity index (χ2v) is 8.63. The van der Waals surface area contributed by atoms with Crippen molar-refractivity contribution in [3.05, 3.63) is 71.3 Å². The molecule has 4 rings (SSSR count). The van der Waals surface area contributed by atoms with Crippen molar-refractivity contribution < 1.29 is 14.7 Å². The summed E-state index contributed by atoms with van der Waals surface area (Å²) in [5, 5.41) is 9.95. The van der Waals surface area contributed by atoms with Gasteiger partial charge in [-0.2, -0.15) is 0 Å². The summed E-state index contributed by atoms with van der Waals surface area (Å²) in [4.78, 5) is 29.1. The van der Waals surface area contributed by atoms with Crippen molar-refractivity contribution in [3.63, 3.8) is 0 Å². The van der Waals surface area contributed by atoms with Crippen LogP contribution in [0.4, 0.5) is 0 Å². The molecule has 0 aliphatic carbocycles. The fourth-order valence-electron chi connectivity index (χ4n) is 4.59. The minimum absolute atomic E-state index is 0.00776. The van der Waals surface area contributed by atoms with Gasteiger partial charge in [-0.25, -0.2) is 0 Å². The third-order valence-electron chi connectivity index (χ3n) is 6.10. The molecule has 2 aromatic rings. The second-order valence-electron chi connectivity index (χ2n) is 8.63. The number of benzene rings is 2. The summed E-state index contributed by atoms with van der Waals surface area (Å²) in [7, 11) is 0. The molecule has 160 valence electrons. The highest BCUT2D eigenvalue weighted by Crippen LogP contribution is 2.42. The molecule has 31 heavy (non-hydrogen) atoms. The molecule has 0 saturated carbocycles. The Labute approximate surface area is 183 Å². The van der Waals surface area contributed by atoms with Gasteiger partial charge in [0.25, 0.3) is 0 Å². The van der Waals surface area contributed by atoms with Crippen molar-refractivity contribution in [2.24, 2.45) is 5.92 Å². The van der Waals surface area contributed by atoms with Crippen LogP contribution in [0.1, 0.15) is 36.5 Å². The summed E-state index contributed by atoms with van der Waals surface area (Å²) in [6, 6.07) is 17.3. The molecule has 2 saturated heterocycles. The normalized spacial score (nSPS) is 22.5. The molecule has 2 amide bonds. The van der Waals surface area contributed by atoms with Crippen molar-refractivity contribution in [1.29, 1.82) is 0 Å². The lowest BCUT2D eigenvalue weighted by Gasteiger charge is -2.58. The van der Waals surface area contributed by atoms with Crippen LogP contribution in [0.3, 0.4) is 0 Å². The number of carbonyl (C=O) groups excluding carboxylic acids is 2. The van der Waals surface area contributed by atoms with Crippen LogP contribution in [0.15, 0.2) is 54.6 Å². The molecule has 2 aromatic carbocycles. The van der Waals surface area contributed by atoms with Crippen LogP contribution in [-0.2, 0) is 16.0 Å². The van der Waals surface area contributed by atoms with Gasteiger partial charge in [-0.3, -0.25) is 9.59 Å². The molecule has 0 radical (unpaired) electrons. The van der Waals surface area contributed by atoms with E-state index < -0.39 is 0 Å². The lowest BCUT2D eigenvalue weighted by Crippen LogP contribution is -2.73. The molecule has 0 bridgehead atoms. The molecule has 2 aliphatic heterocycles. The first-order valence-corrected chi connectivity index (χ1v) is 10.8. The van der Waals surface area contributed by atoms with E-state index in [1.165, 1.54) is 0 Å². The topological polar surface area (TPSA) is 60.9 Å². The maximum Gasteiger partial charge on any atom is 0.242 e. The monoisotopic (exact) mass is 416 g/mol. The SMILES string of the molecule is CC(C)C#Cc1ccc([C@H]2[C@@H](CO)N3C(=O)CN(C(=O)Cc4ccccc4)C[C@@H]23)cc1. The summed E-state index contributed by atoms with van der Waals surface area (Å²) >= 11 is 0. The Hall–Kier alpha value is -3.10. The first-order valence-electron chi connectivity index (χ1n) is 10.8. The first-order chi connectivity index (χ1) is 15.0. The Balaban J connectivity index is 1.50. The van der Waals surface area contributed by atoms with Crippen LogP contribution >= 0.6 is 0 Å². The van der Waals surface area contributed by atoms with Crippen molar-refractivity contribution in [2.75, 3.05) is 19.7 Å². The van der Waals surface area contributed by atoms with Gasteiger partial charge in [0, 0.05) is 23.9 Å². The van der Waals surface area contributed by atoms with Gasteiger partial charge in [-0.1, -0.05) is 68.2 Å². The number of carbonyl (C=O) groups is 2. The highest BCUT2D eigenvalue weighted by atomic mass is 16.3. The zero-order valence-electron chi connectivity index (χ0n) is 18.0. The molecule has 0 unspecified atom stereocenters. The van der Waals surface area contributed by atoms with E-state index in [1.54, 1.807) is 9.80 Å². The van der Waals surface area contributed by atoms with Crippen molar-refractivity contribution in [1.82, 2.24) is 9.80 Å². The smallest absolute Gasteiger partial charge is 0.242 e. The van der Waals surface area contributed by atoms with E-state index in [9.17, 15) is 14.7 Å². The van der Waals surface area contributed by atoms with Gasteiger partial charge in [0.2, 0.25) is 11.8 Å². The molecule has 2 fully saturated rings. The van der Waals surface area contributed by atoms with E-state index in [4.69, 9.17) is 0 Å². The van der Waals surface area contributed by atoms with Crippen LogP contribution in [0, 0.1) is 17.8 Å². The number of amides is 2. The van der Waals surface area contributed by atoms with Crippen molar-refractivity contribution in [2.45, 2.75) is 38.3 Å². The third kappa shape index (κ3) is 4.35. The molecule has 5 nitrogen and oxygen atoms in total. The number of aliphatic hydroxyl groups is 1. The van der Waals surface area contributed by atoms with Crippen LogP contribution in [0.25, 0.3) is 0 Å². The standard InChI is InChI=1S/C26H28N2O3/c1-18(2)8-9-19-10-12-21(13-11-19)26-22-15-27(16-25(31)28(22)23(26)17-29)24(30)14-20-6-4-3-5-7-20/h3-7,10-13,18,22-23,26,29H,14-17H2,1-2H3/t22-,23+,26+/m0/s1. The van der Waals surface area contributed by atoms with Gasteiger partial charge in [-0.05, 0) is 23.3 Å². The second kappa shape index (κ2) is 8.95. The molecule has 5 heteroatoms. The lowest BCUT2D eigenvalue weighted by molar-refractivity contribution is -0.166. The van der Waals surface area contributed by atoms with Gasteiger partial charge in [0.1, 0.15) is 0 Å². The fourth-order valence-corrected chi connectivity index (χ4v) is 4.59. The Kier molecular flexibility index (Phi) is 6.11. The Morgan fingerprint density at radius 1 is 1.13 bits per heavy atom. The number of nitrogens with zero attached hydrogens (tertiary/aromatic N) is 2. The summed E-state index contributed by atoms with van der Waals surface area (Å²) in [5.41, 5.74) is 2.97. The predicted molar refractivity (Wildman–Crippen MR) is 119 cm³/mol. The Morgan fingerprint density at radius 2 is 1.84 bits per heavy atom. The quantitative estimate of drug-likeness (QED) is 0.779. The van der Waals surface area contributed by atoms with Crippen LogP contribution in [0.2, 0.25) is 0 Å². The highest BCUT2D eigenvalue weighted by molar-refractivity contribution is 5.88. The summed E-state index contributed by atoms with van der Waals surface area (Å²) in [5.74, 6) is 6.52. The van der Waals surface area contributed by atoms with E-state index in [0.29, 0.717) is 12.5 Å². The average Bonchev–Trinajstić information content (AvgIpc) is 2.75. The molecule has 0 spiro atoms.